The van der Waals surface area contributed by atoms with Gasteiger partial charge in [-0.05, 0) is 30.9 Å². The fourth-order valence-corrected chi connectivity index (χ4v) is 3.05. The van der Waals surface area contributed by atoms with Crippen molar-refractivity contribution in [3.63, 3.8) is 0 Å². The minimum absolute atomic E-state index is 0.0108. The quantitative estimate of drug-likeness (QED) is 0.839. The average molecular weight is 318 g/mol. The van der Waals surface area contributed by atoms with Gasteiger partial charge in [-0.3, -0.25) is 4.79 Å². The summed E-state index contributed by atoms with van der Waals surface area (Å²) in [5.74, 6) is 0.212. The van der Waals surface area contributed by atoms with Crippen molar-refractivity contribution in [3.05, 3.63) is 29.8 Å². The fourth-order valence-electron chi connectivity index (χ4n) is 2.68. The van der Waals surface area contributed by atoms with E-state index >= 15 is 0 Å². The smallest absolute Gasteiger partial charge is 0.387 e. The van der Waals surface area contributed by atoms with E-state index in [4.69, 9.17) is 11.6 Å². The summed E-state index contributed by atoms with van der Waals surface area (Å²) in [5.41, 5.74) is 0.122. The lowest BCUT2D eigenvalue weighted by Crippen LogP contribution is -2.42. The van der Waals surface area contributed by atoms with Crippen LogP contribution in [0.15, 0.2) is 24.3 Å². The number of hydrogen-bond donors (Lipinski definition) is 1. The molecule has 2 rings (SSSR count). The van der Waals surface area contributed by atoms with Crippen molar-refractivity contribution in [2.75, 3.05) is 5.88 Å². The van der Waals surface area contributed by atoms with Gasteiger partial charge in [0.2, 0.25) is 0 Å². The van der Waals surface area contributed by atoms with Gasteiger partial charge in [-0.2, -0.15) is 8.78 Å². The number of carbonyl (C=O) groups is 1. The highest BCUT2D eigenvalue weighted by molar-refractivity contribution is 6.18. The Morgan fingerprint density at radius 2 is 2.05 bits per heavy atom. The summed E-state index contributed by atoms with van der Waals surface area (Å²) < 4.78 is 29.1. The van der Waals surface area contributed by atoms with E-state index in [0.717, 1.165) is 25.7 Å². The first kappa shape index (κ1) is 16.0. The first-order valence-corrected chi connectivity index (χ1v) is 7.56. The largest absolute Gasteiger partial charge is 0.434 e. The number of halogens is 3. The predicted octanol–water partition coefficient (Wildman–Crippen LogP) is 3.82. The third-order valence-electron chi connectivity index (χ3n) is 3.77. The Labute approximate surface area is 127 Å². The fraction of sp³-hybridized carbons (Fsp3) is 0.533. The second kappa shape index (κ2) is 7.59. The predicted molar refractivity (Wildman–Crippen MR) is 77.0 cm³/mol. The van der Waals surface area contributed by atoms with Crippen LogP contribution in [0.2, 0.25) is 0 Å². The summed E-state index contributed by atoms with van der Waals surface area (Å²) in [7, 11) is 0. The lowest BCUT2D eigenvalue weighted by molar-refractivity contribution is -0.0501. The number of para-hydroxylation sites is 1. The molecule has 0 aromatic heterocycles. The second-order valence-corrected chi connectivity index (χ2v) is 5.46. The van der Waals surface area contributed by atoms with Crippen LogP contribution < -0.4 is 10.1 Å². The molecule has 1 amide bonds. The van der Waals surface area contributed by atoms with Gasteiger partial charge in [-0.1, -0.05) is 25.0 Å². The van der Waals surface area contributed by atoms with Crippen LogP contribution in [0.3, 0.4) is 0 Å². The molecule has 21 heavy (non-hydrogen) atoms. The Bertz CT molecular complexity index is 484. The number of hydrogen-bond acceptors (Lipinski definition) is 2. The van der Waals surface area contributed by atoms with E-state index in [1.807, 2.05) is 0 Å². The number of rotatable bonds is 5. The number of nitrogens with one attached hydrogen (secondary N) is 1. The molecule has 116 valence electrons. The average Bonchev–Trinajstić information content (AvgIpc) is 2.47. The molecule has 1 aliphatic carbocycles. The number of amides is 1. The Kier molecular flexibility index (Phi) is 5.79. The van der Waals surface area contributed by atoms with Gasteiger partial charge in [0, 0.05) is 11.9 Å². The van der Waals surface area contributed by atoms with Crippen molar-refractivity contribution in [1.29, 1.82) is 0 Å². The molecule has 1 fully saturated rings. The van der Waals surface area contributed by atoms with Gasteiger partial charge in [0.05, 0.1) is 5.56 Å². The summed E-state index contributed by atoms with van der Waals surface area (Å²) in [6.45, 7) is -2.95. The second-order valence-electron chi connectivity index (χ2n) is 5.15. The lowest BCUT2D eigenvalue weighted by Gasteiger charge is -2.31. The highest BCUT2D eigenvalue weighted by Gasteiger charge is 2.27. The van der Waals surface area contributed by atoms with Crippen LogP contribution in [0.25, 0.3) is 0 Å². The molecular weight excluding hydrogens is 300 g/mol. The van der Waals surface area contributed by atoms with E-state index in [0.29, 0.717) is 5.88 Å². The molecule has 0 aliphatic heterocycles. The molecule has 3 nitrogen and oxygen atoms in total. The van der Waals surface area contributed by atoms with Crippen LogP contribution >= 0.6 is 11.6 Å². The minimum atomic E-state index is -2.95. The number of alkyl halides is 3. The molecule has 2 atom stereocenters. The van der Waals surface area contributed by atoms with Crippen molar-refractivity contribution in [2.24, 2.45) is 5.92 Å². The third-order valence-corrected chi connectivity index (χ3v) is 4.17. The van der Waals surface area contributed by atoms with Gasteiger partial charge >= 0.3 is 6.61 Å². The highest BCUT2D eigenvalue weighted by atomic mass is 35.5. The summed E-state index contributed by atoms with van der Waals surface area (Å²) in [5, 5.41) is 2.90. The standard InChI is InChI=1S/C15H18ClF2NO2/c16-9-10-5-1-3-7-12(10)19-14(20)11-6-2-4-8-13(11)21-15(17)18/h2,4,6,8,10,12,15H,1,3,5,7,9H2,(H,19,20). The molecule has 0 radical (unpaired) electrons. The lowest BCUT2D eigenvalue weighted by atomic mass is 9.85. The van der Waals surface area contributed by atoms with Crippen molar-refractivity contribution >= 4 is 17.5 Å². The van der Waals surface area contributed by atoms with Crippen LogP contribution in [0.1, 0.15) is 36.0 Å². The first-order valence-electron chi connectivity index (χ1n) is 7.02. The summed E-state index contributed by atoms with van der Waals surface area (Å²) in [6, 6.07) is 6.00. The van der Waals surface area contributed by atoms with Crippen molar-refractivity contribution in [3.8, 4) is 5.75 Å². The van der Waals surface area contributed by atoms with Crippen molar-refractivity contribution < 1.29 is 18.3 Å². The van der Waals surface area contributed by atoms with Gasteiger partial charge in [0.1, 0.15) is 5.75 Å². The van der Waals surface area contributed by atoms with Gasteiger partial charge in [0.25, 0.3) is 5.91 Å². The summed E-state index contributed by atoms with van der Waals surface area (Å²) >= 11 is 5.93. The number of carbonyl (C=O) groups excluding carboxylic acids is 1. The zero-order chi connectivity index (χ0) is 15.2. The van der Waals surface area contributed by atoms with Gasteiger partial charge in [0.15, 0.2) is 0 Å². The Morgan fingerprint density at radius 1 is 1.33 bits per heavy atom. The molecule has 1 N–H and O–H groups in total. The molecule has 1 saturated carbocycles. The maximum Gasteiger partial charge on any atom is 0.387 e. The maximum atomic E-state index is 12.4. The zero-order valence-corrected chi connectivity index (χ0v) is 12.3. The van der Waals surface area contributed by atoms with E-state index in [1.165, 1.54) is 12.1 Å². The van der Waals surface area contributed by atoms with E-state index in [9.17, 15) is 13.6 Å². The molecule has 2 unspecified atom stereocenters. The molecule has 1 aliphatic rings. The Balaban J connectivity index is 2.09. The van der Waals surface area contributed by atoms with Crippen LogP contribution in [0.5, 0.6) is 5.75 Å². The number of ether oxygens (including phenoxy) is 1. The van der Waals surface area contributed by atoms with Crippen molar-refractivity contribution in [2.45, 2.75) is 38.3 Å². The Morgan fingerprint density at radius 3 is 2.76 bits per heavy atom. The third kappa shape index (κ3) is 4.30. The topological polar surface area (TPSA) is 38.3 Å². The monoisotopic (exact) mass is 317 g/mol. The maximum absolute atomic E-state index is 12.4. The van der Waals surface area contributed by atoms with Gasteiger partial charge in [-0.15, -0.1) is 11.6 Å². The van der Waals surface area contributed by atoms with Crippen LogP contribution in [0.4, 0.5) is 8.78 Å². The number of benzene rings is 1. The molecule has 0 heterocycles. The van der Waals surface area contributed by atoms with Crippen LogP contribution in [0, 0.1) is 5.92 Å². The van der Waals surface area contributed by atoms with E-state index < -0.39 is 12.5 Å². The summed E-state index contributed by atoms with van der Waals surface area (Å²) in [4.78, 5) is 12.3. The molecule has 0 bridgehead atoms. The zero-order valence-electron chi connectivity index (χ0n) is 11.5. The summed E-state index contributed by atoms with van der Waals surface area (Å²) in [6.07, 6.45) is 3.98. The SMILES string of the molecule is O=C(NC1CCCCC1CCl)c1ccccc1OC(F)F. The van der Waals surface area contributed by atoms with E-state index in [2.05, 4.69) is 10.1 Å². The molecule has 0 spiro atoms. The van der Waals surface area contributed by atoms with Gasteiger partial charge < -0.3 is 10.1 Å². The molecule has 1 aromatic rings. The molecule has 0 saturated heterocycles. The molecule has 1 aromatic carbocycles. The van der Waals surface area contributed by atoms with Crippen LogP contribution in [-0.2, 0) is 0 Å². The molecular formula is C15H18ClF2NO2. The van der Waals surface area contributed by atoms with Gasteiger partial charge in [-0.25, -0.2) is 0 Å². The Hall–Kier alpha value is -1.36. The van der Waals surface area contributed by atoms with E-state index in [1.54, 1.807) is 12.1 Å². The van der Waals surface area contributed by atoms with Crippen LogP contribution in [-0.4, -0.2) is 24.4 Å². The normalized spacial score (nSPS) is 22.1. The first-order chi connectivity index (χ1) is 10.1. The molecule has 6 heteroatoms. The minimum Gasteiger partial charge on any atom is -0.434 e. The van der Waals surface area contributed by atoms with Crippen molar-refractivity contribution in [1.82, 2.24) is 5.32 Å². The highest BCUT2D eigenvalue weighted by Crippen LogP contribution is 2.27. The van der Waals surface area contributed by atoms with E-state index in [-0.39, 0.29) is 23.3 Å².